The average molecular weight is 546 g/mol. The van der Waals surface area contributed by atoms with Gasteiger partial charge in [-0.25, -0.2) is 0 Å². The molecule has 0 unspecified atom stereocenters. The van der Waals surface area contributed by atoms with Crippen molar-refractivity contribution in [2.24, 2.45) is 11.8 Å². The Labute approximate surface area is 233 Å². The molecule has 40 heavy (non-hydrogen) atoms. The van der Waals surface area contributed by atoms with Gasteiger partial charge in [-0.15, -0.1) is 0 Å². The molecule has 3 heterocycles. The number of fused-ring (bicyclic) bond motifs is 1. The fourth-order valence-electron chi connectivity index (χ4n) is 6.68. The molecule has 9 heteroatoms. The van der Waals surface area contributed by atoms with Gasteiger partial charge < -0.3 is 29.7 Å². The molecule has 2 saturated heterocycles. The summed E-state index contributed by atoms with van der Waals surface area (Å²) in [6.45, 7) is 0.526. The van der Waals surface area contributed by atoms with Crippen LogP contribution in [0.15, 0.2) is 66.7 Å². The summed E-state index contributed by atoms with van der Waals surface area (Å²) in [7, 11) is 1.56. The molecule has 1 spiro atoms. The highest BCUT2D eigenvalue weighted by Gasteiger charge is 2.72. The normalized spacial score (nSPS) is 28.9. The topological polar surface area (TPSA) is 106 Å². The number of benzene rings is 2. The van der Waals surface area contributed by atoms with E-state index in [0.29, 0.717) is 11.4 Å². The molecule has 3 amide bonds. The van der Waals surface area contributed by atoms with Crippen LogP contribution in [0.2, 0.25) is 0 Å². The number of ether oxygens (including phenoxy) is 3. The maximum atomic E-state index is 13.9. The Balaban J connectivity index is 1.20. The van der Waals surface area contributed by atoms with Crippen LogP contribution in [0.4, 0.5) is 5.69 Å². The Morgan fingerprint density at radius 3 is 2.45 bits per heavy atom. The Morgan fingerprint density at radius 1 is 1.00 bits per heavy atom. The molecule has 4 aliphatic rings. The van der Waals surface area contributed by atoms with E-state index in [0.717, 1.165) is 31.4 Å². The van der Waals surface area contributed by atoms with Gasteiger partial charge in [-0.1, -0.05) is 49.6 Å². The van der Waals surface area contributed by atoms with Gasteiger partial charge in [0.05, 0.1) is 24.5 Å². The molecule has 2 aromatic carbocycles. The van der Waals surface area contributed by atoms with Crippen LogP contribution < -0.4 is 15.4 Å². The van der Waals surface area contributed by atoms with Crippen LogP contribution in [0.1, 0.15) is 32.1 Å². The first kappa shape index (κ1) is 26.5. The Morgan fingerprint density at radius 2 is 1.73 bits per heavy atom. The summed E-state index contributed by atoms with van der Waals surface area (Å²) in [5.74, 6) is -0.973. The van der Waals surface area contributed by atoms with E-state index in [1.165, 1.54) is 6.42 Å². The molecule has 6 rings (SSSR count). The average Bonchev–Trinajstić information content (AvgIpc) is 3.61. The third kappa shape index (κ3) is 4.77. The van der Waals surface area contributed by atoms with Gasteiger partial charge >= 0.3 is 0 Å². The smallest absolute Gasteiger partial charge is 0.246 e. The van der Waals surface area contributed by atoms with Crippen molar-refractivity contribution in [3.63, 3.8) is 0 Å². The summed E-state index contributed by atoms with van der Waals surface area (Å²) >= 11 is 0. The molecular formula is C31H35N3O6. The SMILES string of the molecule is COCCN1C(=O)[C@H]2[C@H](C(=O)Nc3ccc(Oc4ccccc4)cc3)[C@H]3C=C[C@@]2(O3)[C@H]1C(=O)NC1CCCCC1. The van der Waals surface area contributed by atoms with Gasteiger partial charge in [-0.05, 0) is 49.2 Å². The van der Waals surface area contributed by atoms with E-state index in [2.05, 4.69) is 10.6 Å². The zero-order valence-corrected chi connectivity index (χ0v) is 22.6. The molecular weight excluding hydrogens is 510 g/mol. The van der Waals surface area contributed by atoms with Crippen LogP contribution in [0.3, 0.4) is 0 Å². The second-order valence-corrected chi connectivity index (χ2v) is 11.0. The molecule has 5 atom stereocenters. The number of rotatable bonds is 9. The Kier molecular flexibility index (Phi) is 7.33. The Bertz CT molecular complexity index is 1280. The minimum Gasteiger partial charge on any atom is -0.457 e. The first-order valence-corrected chi connectivity index (χ1v) is 14.1. The summed E-state index contributed by atoms with van der Waals surface area (Å²) < 4.78 is 17.5. The van der Waals surface area contributed by atoms with Crippen molar-refractivity contribution in [1.82, 2.24) is 10.2 Å². The number of hydrogen-bond acceptors (Lipinski definition) is 6. The number of methoxy groups -OCH3 is 1. The third-order valence-electron chi connectivity index (χ3n) is 8.51. The molecule has 3 fully saturated rings. The van der Waals surface area contributed by atoms with Gasteiger partial charge in [0.25, 0.3) is 0 Å². The molecule has 3 aliphatic heterocycles. The number of nitrogens with one attached hydrogen (secondary N) is 2. The second-order valence-electron chi connectivity index (χ2n) is 11.0. The summed E-state index contributed by atoms with van der Waals surface area (Å²) in [6, 6.07) is 15.8. The summed E-state index contributed by atoms with van der Waals surface area (Å²) in [5.41, 5.74) is -0.594. The lowest BCUT2D eigenvalue weighted by molar-refractivity contribution is -0.142. The lowest BCUT2D eigenvalue weighted by atomic mass is 9.74. The van der Waals surface area contributed by atoms with Crippen LogP contribution in [0.5, 0.6) is 11.5 Å². The maximum absolute atomic E-state index is 13.9. The van der Waals surface area contributed by atoms with Gasteiger partial charge in [0.2, 0.25) is 17.7 Å². The number of anilines is 1. The predicted octanol–water partition coefficient (Wildman–Crippen LogP) is 3.66. The van der Waals surface area contributed by atoms with E-state index in [4.69, 9.17) is 14.2 Å². The van der Waals surface area contributed by atoms with Crippen LogP contribution in [0.25, 0.3) is 0 Å². The highest BCUT2D eigenvalue weighted by Crippen LogP contribution is 2.55. The molecule has 0 aromatic heterocycles. The number of hydrogen-bond donors (Lipinski definition) is 2. The molecule has 0 radical (unpaired) electrons. The molecule has 1 saturated carbocycles. The summed E-state index contributed by atoms with van der Waals surface area (Å²) in [5, 5.41) is 6.14. The second kappa shape index (κ2) is 11.1. The minimum absolute atomic E-state index is 0.0894. The minimum atomic E-state index is -1.18. The van der Waals surface area contributed by atoms with E-state index in [-0.39, 0.29) is 36.9 Å². The van der Waals surface area contributed by atoms with Crippen LogP contribution in [0, 0.1) is 11.8 Å². The largest absolute Gasteiger partial charge is 0.457 e. The van der Waals surface area contributed by atoms with Gasteiger partial charge in [-0.2, -0.15) is 0 Å². The fourth-order valence-corrected chi connectivity index (χ4v) is 6.68. The lowest BCUT2D eigenvalue weighted by Gasteiger charge is -2.34. The van der Waals surface area contributed by atoms with Crippen LogP contribution in [-0.2, 0) is 23.9 Å². The monoisotopic (exact) mass is 545 g/mol. The maximum Gasteiger partial charge on any atom is 0.246 e. The molecule has 1 aliphatic carbocycles. The van der Waals surface area contributed by atoms with Gasteiger partial charge in [0.15, 0.2) is 0 Å². The standard InChI is InChI=1S/C31H35N3O6/c1-38-19-18-34-27(29(36)33-20-8-4-2-5-9-20)31-17-16-24(40-31)25(26(31)30(34)37)28(35)32-21-12-14-23(15-13-21)39-22-10-6-3-7-11-22/h3,6-7,10-17,20,24-27H,2,4-5,8-9,18-19H2,1H3,(H,32,35)(H,33,36)/t24-,25-,26-,27-,31+/m1/s1. The van der Waals surface area contributed by atoms with E-state index >= 15 is 0 Å². The lowest BCUT2D eigenvalue weighted by Crippen LogP contribution is -2.57. The van der Waals surface area contributed by atoms with Crippen LogP contribution in [-0.4, -0.2) is 66.7 Å². The van der Waals surface area contributed by atoms with Crippen molar-refractivity contribution in [3.05, 3.63) is 66.7 Å². The van der Waals surface area contributed by atoms with Gasteiger partial charge in [0, 0.05) is 25.4 Å². The molecule has 210 valence electrons. The van der Waals surface area contributed by atoms with Crippen molar-refractivity contribution < 1.29 is 28.6 Å². The number of likely N-dealkylation sites (tertiary alicyclic amines) is 1. The number of carbonyl (C=O) groups is 3. The van der Waals surface area contributed by atoms with Gasteiger partial charge in [0.1, 0.15) is 23.1 Å². The van der Waals surface area contributed by atoms with Crippen molar-refractivity contribution in [2.45, 2.75) is 55.9 Å². The number of para-hydroxylation sites is 1. The first-order chi connectivity index (χ1) is 19.5. The number of carbonyl (C=O) groups excluding carboxylic acids is 3. The third-order valence-corrected chi connectivity index (χ3v) is 8.51. The van der Waals surface area contributed by atoms with E-state index < -0.39 is 29.6 Å². The molecule has 9 nitrogen and oxygen atoms in total. The fraction of sp³-hybridized carbons (Fsp3) is 0.452. The highest BCUT2D eigenvalue weighted by atomic mass is 16.5. The quantitative estimate of drug-likeness (QED) is 0.466. The number of amides is 3. The predicted molar refractivity (Wildman–Crippen MR) is 148 cm³/mol. The van der Waals surface area contributed by atoms with E-state index in [1.807, 2.05) is 42.5 Å². The number of nitrogens with zero attached hydrogens (tertiary/aromatic N) is 1. The molecule has 2 bridgehead atoms. The van der Waals surface area contributed by atoms with Crippen LogP contribution >= 0.6 is 0 Å². The summed E-state index contributed by atoms with van der Waals surface area (Å²) in [6.07, 6.45) is 8.27. The van der Waals surface area contributed by atoms with Crippen molar-refractivity contribution in [2.75, 3.05) is 25.6 Å². The van der Waals surface area contributed by atoms with Crippen molar-refractivity contribution in [3.8, 4) is 11.5 Å². The zero-order valence-electron chi connectivity index (χ0n) is 22.6. The first-order valence-electron chi connectivity index (χ1n) is 14.1. The zero-order chi connectivity index (χ0) is 27.7. The van der Waals surface area contributed by atoms with Crippen molar-refractivity contribution >= 4 is 23.4 Å². The summed E-state index contributed by atoms with van der Waals surface area (Å²) in [4.78, 5) is 42.7. The molecule has 2 N–H and O–H groups in total. The van der Waals surface area contributed by atoms with E-state index in [1.54, 1.807) is 36.3 Å². The highest BCUT2D eigenvalue weighted by molar-refractivity contribution is 6.02. The van der Waals surface area contributed by atoms with E-state index in [9.17, 15) is 14.4 Å². The van der Waals surface area contributed by atoms with Gasteiger partial charge in [-0.3, -0.25) is 14.4 Å². The molecule has 2 aromatic rings. The Hall–Kier alpha value is -3.69. The van der Waals surface area contributed by atoms with Crippen molar-refractivity contribution in [1.29, 1.82) is 0 Å².